The second-order valence-electron chi connectivity index (χ2n) is 6.90. The lowest BCUT2D eigenvalue weighted by Gasteiger charge is -2.31. The van der Waals surface area contributed by atoms with E-state index in [1.165, 1.54) is 0 Å². The number of amides is 2. The van der Waals surface area contributed by atoms with Gasteiger partial charge in [-0.3, -0.25) is 9.59 Å². The zero-order chi connectivity index (χ0) is 19.3. The number of nitrogens with one attached hydrogen (secondary N) is 2. The molecule has 4 unspecified atom stereocenters. The molecule has 25 heavy (non-hydrogen) atoms. The Morgan fingerprint density at radius 2 is 1.84 bits per heavy atom. The van der Waals surface area contributed by atoms with Crippen LogP contribution in [0, 0.1) is 5.92 Å². The molecule has 1 fully saturated rings. The minimum atomic E-state index is -1.55. The van der Waals surface area contributed by atoms with Crippen molar-refractivity contribution >= 4 is 36.1 Å². The van der Waals surface area contributed by atoms with E-state index in [0.29, 0.717) is 18.0 Å². The highest BCUT2D eigenvalue weighted by Crippen LogP contribution is 2.20. The van der Waals surface area contributed by atoms with Crippen LogP contribution in [0.2, 0.25) is 0 Å². The van der Waals surface area contributed by atoms with E-state index in [9.17, 15) is 19.6 Å². The van der Waals surface area contributed by atoms with Crippen LogP contribution in [0.25, 0.3) is 0 Å². The van der Waals surface area contributed by atoms with Gasteiger partial charge in [0, 0.05) is 6.54 Å². The summed E-state index contributed by atoms with van der Waals surface area (Å²) < 4.78 is 0. The van der Waals surface area contributed by atoms with E-state index in [-0.39, 0.29) is 23.8 Å². The fourth-order valence-corrected chi connectivity index (χ4v) is 3.19. The Balaban J connectivity index is 2.76. The summed E-state index contributed by atoms with van der Waals surface area (Å²) in [6, 6.07) is -1.71. The van der Waals surface area contributed by atoms with E-state index in [1.807, 2.05) is 13.8 Å². The van der Waals surface area contributed by atoms with Crippen LogP contribution in [0.15, 0.2) is 0 Å². The van der Waals surface area contributed by atoms with E-state index in [1.54, 1.807) is 18.7 Å². The molecule has 0 aromatic heterocycles. The fourth-order valence-electron chi connectivity index (χ4n) is 2.80. The maximum absolute atomic E-state index is 12.7. The third-order valence-corrected chi connectivity index (χ3v) is 4.72. The number of thiocarbonyl (C=S) groups is 1. The molecule has 2 amide bonds. The number of hydrogen-bond acceptors (Lipinski definition) is 6. The predicted octanol–water partition coefficient (Wildman–Crippen LogP) is -1.22. The summed E-state index contributed by atoms with van der Waals surface area (Å²) in [6.45, 7) is 7.41. The molecule has 6 N–H and O–H groups in total. The highest BCUT2D eigenvalue weighted by molar-refractivity contribution is 7.80. The molecule has 8 nitrogen and oxygen atoms in total. The average molecular weight is 372 g/mol. The smallest absolute Gasteiger partial charge is 0.426 e. The number of carbonyl (C=O) groups excluding carboxylic acids is 2. The quantitative estimate of drug-likeness (QED) is 0.280. The maximum atomic E-state index is 12.7. The summed E-state index contributed by atoms with van der Waals surface area (Å²) in [5.74, 6) is -1.28. The van der Waals surface area contributed by atoms with Gasteiger partial charge in [0.2, 0.25) is 11.8 Å². The van der Waals surface area contributed by atoms with E-state index in [0.717, 1.165) is 6.42 Å². The molecule has 0 aliphatic carbocycles. The summed E-state index contributed by atoms with van der Waals surface area (Å²) in [5.41, 5.74) is 5.51. The fraction of sp³-hybridized carbons (Fsp3) is 0.800. The first kappa shape index (κ1) is 21.8. The lowest BCUT2D eigenvalue weighted by atomic mass is 9.73. The van der Waals surface area contributed by atoms with Gasteiger partial charge in [0.05, 0.1) is 23.0 Å². The second-order valence-corrected chi connectivity index (χ2v) is 7.34. The van der Waals surface area contributed by atoms with Crippen molar-refractivity contribution in [2.75, 3.05) is 6.54 Å². The van der Waals surface area contributed by atoms with Crippen molar-refractivity contribution in [3.05, 3.63) is 0 Å². The van der Waals surface area contributed by atoms with Crippen LogP contribution < -0.4 is 16.4 Å². The molecular formula is C15H29BN4O4S. The minimum Gasteiger partial charge on any atom is -0.426 e. The standard InChI is InChI=1S/C15H29BN4O4S/c1-8(2)12(16(23)24)19-14(25)11-6-5-7-20(11)15(22)10(4)18-13(21)9(3)17/h8-12,23-24H,5-7,17H2,1-4H3,(H,18,21)(H,19,25). The first-order valence-electron chi connectivity index (χ1n) is 8.59. The molecule has 0 bridgehead atoms. The van der Waals surface area contributed by atoms with Crippen molar-refractivity contribution < 1.29 is 19.6 Å². The number of carbonyl (C=O) groups is 2. The molecule has 1 rings (SSSR count). The van der Waals surface area contributed by atoms with Gasteiger partial charge in [-0.25, -0.2) is 0 Å². The Morgan fingerprint density at radius 1 is 1.24 bits per heavy atom. The van der Waals surface area contributed by atoms with Crippen LogP contribution in [-0.2, 0) is 9.59 Å². The number of rotatable bonds is 7. The molecule has 0 aromatic rings. The van der Waals surface area contributed by atoms with Crippen LogP contribution in [0.4, 0.5) is 0 Å². The number of hydrogen-bond donors (Lipinski definition) is 5. The van der Waals surface area contributed by atoms with Crippen molar-refractivity contribution in [1.82, 2.24) is 15.5 Å². The summed E-state index contributed by atoms with van der Waals surface area (Å²) >= 11 is 5.41. The Hall–Kier alpha value is -1.23. The molecule has 1 saturated heterocycles. The Bertz CT molecular complexity index is 496. The molecule has 0 aromatic carbocycles. The van der Waals surface area contributed by atoms with Gasteiger partial charge >= 0.3 is 7.12 Å². The molecule has 1 aliphatic heterocycles. The van der Waals surface area contributed by atoms with Gasteiger partial charge in [0.1, 0.15) is 6.04 Å². The summed E-state index contributed by atoms with van der Waals surface area (Å²) in [4.78, 5) is 26.4. The first-order valence-corrected chi connectivity index (χ1v) is 9.00. The third kappa shape index (κ3) is 5.91. The predicted molar refractivity (Wildman–Crippen MR) is 101 cm³/mol. The van der Waals surface area contributed by atoms with Crippen LogP contribution >= 0.6 is 12.2 Å². The molecule has 1 aliphatic rings. The van der Waals surface area contributed by atoms with Gasteiger partial charge < -0.3 is 31.3 Å². The van der Waals surface area contributed by atoms with Crippen LogP contribution in [0.3, 0.4) is 0 Å². The summed E-state index contributed by atoms with van der Waals surface area (Å²) in [6.07, 6.45) is 1.48. The van der Waals surface area contributed by atoms with Crippen molar-refractivity contribution in [3.63, 3.8) is 0 Å². The van der Waals surface area contributed by atoms with Crippen molar-refractivity contribution in [2.45, 2.75) is 64.6 Å². The third-order valence-electron chi connectivity index (χ3n) is 4.33. The van der Waals surface area contributed by atoms with Crippen molar-refractivity contribution in [3.8, 4) is 0 Å². The van der Waals surface area contributed by atoms with Crippen molar-refractivity contribution in [1.29, 1.82) is 0 Å². The Labute approximate surface area is 154 Å². The number of nitrogens with zero attached hydrogens (tertiary/aromatic N) is 1. The van der Waals surface area contributed by atoms with Gasteiger partial charge in [0.25, 0.3) is 0 Å². The van der Waals surface area contributed by atoms with Gasteiger partial charge in [-0.05, 0) is 32.6 Å². The highest BCUT2D eigenvalue weighted by atomic mass is 32.1. The lowest BCUT2D eigenvalue weighted by molar-refractivity contribution is -0.136. The topological polar surface area (TPSA) is 128 Å². The Morgan fingerprint density at radius 3 is 2.32 bits per heavy atom. The SMILES string of the molecule is CC(N)C(=O)NC(C)C(=O)N1CCCC1C(=S)NC(B(O)O)C(C)C. The Kier molecular flexibility index (Phi) is 8.26. The van der Waals surface area contributed by atoms with Crippen LogP contribution in [0.1, 0.15) is 40.5 Å². The minimum absolute atomic E-state index is 0.0484. The van der Waals surface area contributed by atoms with Gasteiger partial charge in [-0.15, -0.1) is 0 Å². The molecule has 142 valence electrons. The zero-order valence-corrected chi connectivity index (χ0v) is 16.0. The number of nitrogens with two attached hydrogens (primary N) is 1. The van der Waals surface area contributed by atoms with Crippen LogP contribution in [0.5, 0.6) is 0 Å². The van der Waals surface area contributed by atoms with E-state index in [2.05, 4.69) is 10.6 Å². The monoisotopic (exact) mass is 372 g/mol. The van der Waals surface area contributed by atoms with Gasteiger partial charge in [0.15, 0.2) is 0 Å². The molecule has 1 heterocycles. The second kappa shape index (κ2) is 9.47. The molecule has 0 radical (unpaired) electrons. The first-order chi connectivity index (χ1) is 11.6. The van der Waals surface area contributed by atoms with E-state index in [4.69, 9.17) is 18.0 Å². The van der Waals surface area contributed by atoms with E-state index >= 15 is 0 Å². The lowest BCUT2D eigenvalue weighted by Crippen LogP contribution is -2.57. The highest BCUT2D eigenvalue weighted by Gasteiger charge is 2.37. The van der Waals surface area contributed by atoms with Crippen LogP contribution in [-0.4, -0.2) is 69.5 Å². The van der Waals surface area contributed by atoms with E-state index < -0.39 is 25.1 Å². The molecule has 10 heteroatoms. The van der Waals surface area contributed by atoms with Gasteiger partial charge in [-0.2, -0.15) is 0 Å². The largest absolute Gasteiger partial charge is 0.475 e. The molecule has 4 atom stereocenters. The zero-order valence-electron chi connectivity index (χ0n) is 15.2. The maximum Gasteiger partial charge on any atom is 0.475 e. The molecular weight excluding hydrogens is 343 g/mol. The normalized spacial score (nSPS) is 20.8. The van der Waals surface area contributed by atoms with Gasteiger partial charge in [-0.1, -0.05) is 26.1 Å². The molecule has 0 spiro atoms. The molecule has 0 saturated carbocycles. The summed E-state index contributed by atoms with van der Waals surface area (Å²) in [5, 5.41) is 24.5. The summed E-state index contributed by atoms with van der Waals surface area (Å²) in [7, 11) is -1.55. The average Bonchev–Trinajstić information content (AvgIpc) is 3.00. The van der Waals surface area contributed by atoms with Crippen molar-refractivity contribution in [2.24, 2.45) is 11.7 Å². The number of likely N-dealkylation sites (tertiary alicyclic amines) is 1.